The molecule has 8 nitrogen and oxygen atoms in total. The number of benzene rings is 1. The summed E-state index contributed by atoms with van der Waals surface area (Å²) >= 11 is 14.6. The van der Waals surface area contributed by atoms with E-state index in [1.807, 2.05) is 25.3 Å². The third-order valence-electron chi connectivity index (χ3n) is 4.49. The molecule has 2 amide bonds. The number of thioether (sulfide) groups is 1. The quantitative estimate of drug-likeness (QED) is 0.394. The maximum Gasteiger partial charge on any atom is 0.251 e. The smallest absolute Gasteiger partial charge is 0.251 e. The lowest BCUT2D eigenvalue weighted by Crippen LogP contribution is -2.33. The van der Waals surface area contributed by atoms with Gasteiger partial charge in [-0.05, 0) is 31.0 Å². The number of anilines is 1. The highest BCUT2D eigenvalue weighted by atomic mass is 35.5. The van der Waals surface area contributed by atoms with Gasteiger partial charge in [0.15, 0.2) is 16.1 Å². The first-order valence-electron chi connectivity index (χ1n) is 9.81. The Hall–Kier alpha value is -2.14. The van der Waals surface area contributed by atoms with E-state index in [1.54, 1.807) is 23.7 Å². The minimum absolute atomic E-state index is 0.0438. The standard InChI is InChI=1S/C20H22Cl2N6O2S2/c1-4-28-17(26-27-20(28)32-10-15(29)24-19-23-7-8-31-19)16(11(2)3)25-18(30)12-5-6-13(21)14(22)9-12/h5-9,11,16H,4,10H2,1-3H3,(H,25,30)(H,23,24,29)/t16-/m0/s1. The van der Waals surface area contributed by atoms with Crippen molar-refractivity contribution < 1.29 is 9.59 Å². The largest absolute Gasteiger partial charge is 0.342 e. The van der Waals surface area contributed by atoms with Crippen LogP contribution in [0, 0.1) is 5.92 Å². The molecule has 0 spiro atoms. The van der Waals surface area contributed by atoms with Crippen molar-refractivity contribution in [1.82, 2.24) is 25.1 Å². The van der Waals surface area contributed by atoms with Crippen LogP contribution in [-0.4, -0.2) is 37.3 Å². The molecular formula is C20H22Cl2N6O2S2. The molecule has 0 aliphatic carbocycles. The summed E-state index contributed by atoms with van der Waals surface area (Å²) in [5.74, 6) is 0.371. The number of thiazole rings is 1. The fourth-order valence-corrected chi connectivity index (χ4v) is 4.55. The molecule has 170 valence electrons. The highest BCUT2D eigenvalue weighted by Crippen LogP contribution is 2.27. The van der Waals surface area contributed by atoms with Gasteiger partial charge in [0.05, 0.1) is 21.8 Å². The normalized spacial score (nSPS) is 12.1. The van der Waals surface area contributed by atoms with Crippen molar-refractivity contribution in [2.75, 3.05) is 11.1 Å². The Morgan fingerprint density at radius 1 is 1.22 bits per heavy atom. The third-order valence-corrected chi connectivity index (χ3v) is 6.88. The summed E-state index contributed by atoms with van der Waals surface area (Å²) in [6, 6.07) is 4.35. The number of rotatable bonds is 9. The van der Waals surface area contributed by atoms with E-state index in [9.17, 15) is 9.59 Å². The molecular weight excluding hydrogens is 491 g/mol. The van der Waals surface area contributed by atoms with Crippen LogP contribution in [0.3, 0.4) is 0 Å². The number of carbonyl (C=O) groups excluding carboxylic acids is 2. The van der Waals surface area contributed by atoms with Crippen LogP contribution >= 0.6 is 46.3 Å². The molecule has 32 heavy (non-hydrogen) atoms. The van der Waals surface area contributed by atoms with Crippen LogP contribution in [0.15, 0.2) is 34.9 Å². The van der Waals surface area contributed by atoms with Gasteiger partial charge in [0, 0.05) is 23.7 Å². The molecule has 0 saturated carbocycles. The van der Waals surface area contributed by atoms with E-state index in [4.69, 9.17) is 23.2 Å². The number of amides is 2. The summed E-state index contributed by atoms with van der Waals surface area (Å²) < 4.78 is 1.90. The first kappa shape index (κ1) is 24.5. The van der Waals surface area contributed by atoms with Gasteiger partial charge in [-0.15, -0.1) is 21.5 Å². The molecule has 0 aliphatic rings. The lowest BCUT2D eigenvalue weighted by atomic mass is 10.0. The average Bonchev–Trinajstić information content (AvgIpc) is 3.41. The van der Waals surface area contributed by atoms with Gasteiger partial charge in [0.2, 0.25) is 5.91 Å². The van der Waals surface area contributed by atoms with Crippen LogP contribution in [0.5, 0.6) is 0 Å². The van der Waals surface area contributed by atoms with Crippen molar-refractivity contribution in [3.63, 3.8) is 0 Å². The first-order chi connectivity index (χ1) is 15.3. The molecule has 0 radical (unpaired) electrons. The van der Waals surface area contributed by atoms with Gasteiger partial charge in [0.25, 0.3) is 5.91 Å². The van der Waals surface area contributed by atoms with E-state index < -0.39 is 0 Å². The fraction of sp³-hybridized carbons (Fsp3) is 0.350. The molecule has 1 aromatic carbocycles. The number of hydrogen-bond acceptors (Lipinski definition) is 7. The van der Waals surface area contributed by atoms with Gasteiger partial charge in [-0.25, -0.2) is 4.98 Å². The number of carbonyl (C=O) groups is 2. The molecule has 0 saturated heterocycles. The summed E-state index contributed by atoms with van der Waals surface area (Å²) in [4.78, 5) is 29.1. The summed E-state index contributed by atoms with van der Waals surface area (Å²) in [7, 11) is 0. The molecule has 0 unspecified atom stereocenters. The zero-order chi connectivity index (χ0) is 23.3. The monoisotopic (exact) mass is 512 g/mol. The minimum Gasteiger partial charge on any atom is -0.342 e. The molecule has 3 aromatic rings. The van der Waals surface area contributed by atoms with E-state index in [0.717, 1.165) is 0 Å². The van der Waals surface area contributed by atoms with E-state index in [1.165, 1.54) is 29.2 Å². The lowest BCUT2D eigenvalue weighted by molar-refractivity contribution is -0.113. The zero-order valence-corrected chi connectivity index (χ0v) is 20.8. The number of nitrogens with one attached hydrogen (secondary N) is 2. The number of hydrogen-bond donors (Lipinski definition) is 2. The van der Waals surface area contributed by atoms with Crippen LogP contribution in [0.25, 0.3) is 0 Å². The molecule has 2 heterocycles. The zero-order valence-electron chi connectivity index (χ0n) is 17.6. The molecule has 12 heteroatoms. The number of nitrogens with zero attached hydrogens (tertiary/aromatic N) is 4. The van der Waals surface area contributed by atoms with Crippen molar-refractivity contribution in [3.05, 3.63) is 51.2 Å². The summed E-state index contributed by atoms with van der Waals surface area (Å²) in [6.45, 7) is 6.53. The minimum atomic E-state index is -0.386. The lowest BCUT2D eigenvalue weighted by Gasteiger charge is -2.22. The molecule has 1 atom stereocenters. The summed E-state index contributed by atoms with van der Waals surface area (Å²) in [5, 5.41) is 18.0. The highest BCUT2D eigenvalue weighted by Gasteiger charge is 2.26. The van der Waals surface area contributed by atoms with E-state index in [-0.39, 0.29) is 29.5 Å². The Morgan fingerprint density at radius 2 is 2.00 bits per heavy atom. The Labute approximate surface area is 204 Å². The van der Waals surface area contributed by atoms with Crippen LogP contribution < -0.4 is 10.6 Å². The van der Waals surface area contributed by atoms with Crippen LogP contribution in [0.4, 0.5) is 5.13 Å². The average molecular weight is 513 g/mol. The molecule has 2 aromatic heterocycles. The topological polar surface area (TPSA) is 102 Å². The van der Waals surface area contributed by atoms with Gasteiger partial charge in [-0.3, -0.25) is 9.59 Å². The van der Waals surface area contributed by atoms with Gasteiger partial charge in [0.1, 0.15) is 0 Å². The van der Waals surface area contributed by atoms with Gasteiger partial charge in [-0.2, -0.15) is 0 Å². The van der Waals surface area contributed by atoms with Crippen molar-refractivity contribution in [2.45, 2.75) is 38.5 Å². The Balaban J connectivity index is 1.73. The summed E-state index contributed by atoms with van der Waals surface area (Å²) in [5.41, 5.74) is 0.404. The SMILES string of the molecule is CCn1c(SCC(=O)Nc2nccs2)nnc1[C@@H](NC(=O)c1ccc(Cl)c(Cl)c1)C(C)C. The predicted molar refractivity (Wildman–Crippen MR) is 129 cm³/mol. The molecule has 0 aliphatic heterocycles. The predicted octanol–water partition coefficient (Wildman–Crippen LogP) is 4.92. The molecule has 0 bridgehead atoms. The maximum atomic E-state index is 12.8. The second-order valence-corrected chi connectivity index (χ2v) is 9.73. The van der Waals surface area contributed by atoms with Gasteiger partial charge < -0.3 is 15.2 Å². The van der Waals surface area contributed by atoms with Crippen molar-refractivity contribution in [2.24, 2.45) is 5.92 Å². The van der Waals surface area contributed by atoms with Crippen molar-refractivity contribution >= 4 is 63.2 Å². The fourth-order valence-electron chi connectivity index (χ4n) is 2.90. The van der Waals surface area contributed by atoms with Crippen LogP contribution in [0.2, 0.25) is 10.0 Å². The van der Waals surface area contributed by atoms with E-state index >= 15 is 0 Å². The molecule has 0 fully saturated rings. The first-order valence-corrected chi connectivity index (χ1v) is 12.4. The summed E-state index contributed by atoms with van der Waals surface area (Å²) in [6.07, 6.45) is 1.63. The van der Waals surface area contributed by atoms with E-state index in [2.05, 4.69) is 25.8 Å². The third kappa shape index (κ3) is 6.00. The Morgan fingerprint density at radius 3 is 2.62 bits per heavy atom. The van der Waals surface area contributed by atoms with Crippen LogP contribution in [0.1, 0.15) is 43.0 Å². The van der Waals surface area contributed by atoms with Gasteiger partial charge in [-0.1, -0.05) is 48.8 Å². The highest BCUT2D eigenvalue weighted by molar-refractivity contribution is 7.99. The van der Waals surface area contributed by atoms with Gasteiger partial charge >= 0.3 is 0 Å². The number of aromatic nitrogens is 4. The maximum absolute atomic E-state index is 12.8. The molecule has 3 rings (SSSR count). The van der Waals surface area contributed by atoms with Crippen LogP contribution in [-0.2, 0) is 11.3 Å². The number of halogens is 2. The second kappa shape index (κ2) is 11.1. The Kier molecular flexibility index (Phi) is 8.52. The van der Waals surface area contributed by atoms with Crippen molar-refractivity contribution in [1.29, 1.82) is 0 Å². The Bertz CT molecular complexity index is 1090. The van der Waals surface area contributed by atoms with E-state index in [0.29, 0.717) is 38.3 Å². The van der Waals surface area contributed by atoms with Crippen molar-refractivity contribution in [3.8, 4) is 0 Å². The molecule has 2 N–H and O–H groups in total. The second-order valence-electron chi connectivity index (χ2n) is 7.08.